The van der Waals surface area contributed by atoms with E-state index in [2.05, 4.69) is 47.2 Å². The van der Waals surface area contributed by atoms with Crippen LogP contribution >= 0.6 is 11.6 Å². The van der Waals surface area contributed by atoms with Gasteiger partial charge in [-0.15, -0.1) is 11.6 Å². The number of imidazole rings is 1. The predicted octanol–water partition coefficient (Wildman–Crippen LogP) is 3.30. The van der Waals surface area contributed by atoms with Crippen LogP contribution in [0.15, 0.2) is 6.33 Å². The molecule has 1 atom stereocenters. The van der Waals surface area contributed by atoms with E-state index in [1.165, 1.54) is 6.33 Å². The number of halogens is 1. The van der Waals surface area contributed by atoms with Crippen LogP contribution in [-0.4, -0.2) is 32.5 Å². The molecule has 2 heterocycles. The van der Waals surface area contributed by atoms with Gasteiger partial charge in [0, 0.05) is 18.8 Å². The fourth-order valence-electron chi connectivity index (χ4n) is 2.13. The first-order valence-electron chi connectivity index (χ1n) is 7.18. The van der Waals surface area contributed by atoms with Gasteiger partial charge in [0.05, 0.1) is 7.11 Å². The molecule has 0 aliphatic heterocycles. The third-order valence-electron chi connectivity index (χ3n) is 4.02. The Balaban J connectivity index is 2.51. The summed E-state index contributed by atoms with van der Waals surface area (Å²) in [6.45, 7) is 9.83. The van der Waals surface area contributed by atoms with E-state index in [1.54, 1.807) is 7.11 Å². The quantitative estimate of drug-likeness (QED) is 0.795. The normalized spacial score (nSPS) is 13.6. The lowest BCUT2D eigenvalue weighted by Gasteiger charge is -2.28. The van der Waals surface area contributed by atoms with Gasteiger partial charge in [0.15, 0.2) is 11.2 Å². The van der Waals surface area contributed by atoms with Gasteiger partial charge in [0.1, 0.15) is 12.2 Å². The average Bonchev–Trinajstić information content (AvgIpc) is 2.76. The van der Waals surface area contributed by atoms with Crippen LogP contribution in [0.3, 0.4) is 0 Å². The van der Waals surface area contributed by atoms with Crippen molar-refractivity contribution in [3.05, 3.63) is 12.2 Å². The van der Waals surface area contributed by atoms with Crippen LogP contribution in [0.1, 0.15) is 33.5 Å². The maximum absolute atomic E-state index is 5.92. The van der Waals surface area contributed by atoms with Gasteiger partial charge in [-0.1, -0.05) is 27.7 Å². The summed E-state index contributed by atoms with van der Waals surface area (Å²) in [7, 11) is 1.60. The van der Waals surface area contributed by atoms with Crippen molar-refractivity contribution in [1.29, 1.82) is 0 Å². The summed E-state index contributed by atoms with van der Waals surface area (Å²) in [5.41, 5.74) is 1.74. The van der Waals surface area contributed by atoms with E-state index in [-0.39, 0.29) is 5.41 Å². The minimum absolute atomic E-state index is 0.214. The summed E-state index contributed by atoms with van der Waals surface area (Å²) >= 11 is 5.92. The molecule has 2 aromatic heterocycles. The first-order valence-corrected chi connectivity index (χ1v) is 7.72. The first kappa shape index (κ1) is 16.0. The van der Waals surface area contributed by atoms with Gasteiger partial charge in [-0.05, 0) is 11.3 Å². The Hall–Kier alpha value is -1.36. The molecule has 0 radical (unpaired) electrons. The van der Waals surface area contributed by atoms with Crippen molar-refractivity contribution in [2.24, 2.45) is 11.3 Å². The largest absolute Gasteiger partial charge is 0.479 e. The molecule has 0 aliphatic carbocycles. The standard InChI is InChI=1S/C15H23ClN4O/c1-10(15(2,3)4)8-20-11(6-7-16)19-12-13(20)17-9-18-14(12)21-5/h9-10H,6-8H2,1-5H3. The molecule has 0 N–H and O–H groups in total. The maximum Gasteiger partial charge on any atom is 0.245 e. The average molecular weight is 311 g/mol. The summed E-state index contributed by atoms with van der Waals surface area (Å²) in [5, 5.41) is 0. The van der Waals surface area contributed by atoms with Gasteiger partial charge in [0.25, 0.3) is 0 Å². The van der Waals surface area contributed by atoms with E-state index in [0.717, 1.165) is 18.0 Å². The van der Waals surface area contributed by atoms with E-state index in [1.807, 2.05) is 0 Å². The van der Waals surface area contributed by atoms with E-state index in [0.29, 0.717) is 29.6 Å². The summed E-state index contributed by atoms with van der Waals surface area (Å²) in [4.78, 5) is 13.2. The molecule has 5 nitrogen and oxygen atoms in total. The number of hydrogen-bond acceptors (Lipinski definition) is 4. The smallest absolute Gasteiger partial charge is 0.245 e. The molecular formula is C15H23ClN4O. The molecule has 0 amide bonds. The maximum atomic E-state index is 5.92. The highest BCUT2D eigenvalue weighted by Gasteiger charge is 2.24. The lowest BCUT2D eigenvalue weighted by atomic mass is 9.82. The molecule has 1 unspecified atom stereocenters. The molecule has 0 bridgehead atoms. The second-order valence-corrected chi connectivity index (χ2v) is 6.78. The van der Waals surface area contributed by atoms with Crippen LogP contribution in [0.5, 0.6) is 5.88 Å². The lowest BCUT2D eigenvalue weighted by molar-refractivity contribution is 0.233. The Bertz CT molecular complexity index is 618. The van der Waals surface area contributed by atoms with Gasteiger partial charge in [-0.25, -0.2) is 9.97 Å². The van der Waals surface area contributed by atoms with E-state index in [9.17, 15) is 0 Å². The Kier molecular flexibility index (Phi) is 4.71. The highest BCUT2D eigenvalue weighted by Crippen LogP contribution is 2.29. The molecule has 0 aliphatic rings. The van der Waals surface area contributed by atoms with Gasteiger partial charge >= 0.3 is 0 Å². The summed E-state index contributed by atoms with van der Waals surface area (Å²) in [6.07, 6.45) is 2.23. The highest BCUT2D eigenvalue weighted by atomic mass is 35.5. The van der Waals surface area contributed by atoms with Gasteiger partial charge in [-0.2, -0.15) is 4.98 Å². The number of ether oxygens (including phenoxy) is 1. The zero-order valence-electron chi connectivity index (χ0n) is 13.4. The number of fused-ring (bicyclic) bond motifs is 1. The van der Waals surface area contributed by atoms with E-state index >= 15 is 0 Å². The minimum atomic E-state index is 0.214. The number of hydrogen-bond donors (Lipinski definition) is 0. The van der Waals surface area contributed by atoms with Crippen molar-refractivity contribution in [1.82, 2.24) is 19.5 Å². The minimum Gasteiger partial charge on any atom is -0.479 e. The number of aryl methyl sites for hydroxylation is 1. The van der Waals surface area contributed by atoms with Crippen LogP contribution in [-0.2, 0) is 13.0 Å². The molecule has 0 saturated carbocycles. The third-order valence-corrected chi connectivity index (χ3v) is 4.21. The molecule has 116 valence electrons. The fraction of sp³-hybridized carbons (Fsp3) is 0.667. The van der Waals surface area contributed by atoms with Crippen molar-refractivity contribution >= 4 is 22.8 Å². The van der Waals surface area contributed by atoms with E-state index in [4.69, 9.17) is 16.3 Å². The Morgan fingerprint density at radius 3 is 2.62 bits per heavy atom. The molecule has 6 heteroatoms. The third kappa shape index (κ3) is 3.28. The SMILES string of the molecule is COc1ncnc2c1nc(CCCl)n2CC(C)C(C)(C)C. The highest BCUT2D eigenvalue weighted by molar-refractivity contribution is 6.17. The zero-order valence-corrected chi connectivity index (χ0v) is 14.1. The first-order chi connectivity index (χ1) is 9.88. The number of alkyl halides is 1. The summed E-state index contributed by atoms with van der Waals surface area (Å²) < 4.78 is 7.44. The number of methoxy groups -OCH3 is 1. The second-order valence-electron chi connectivity index (χ2n) is 6.40. The summed E-state index contributed by atoms with van der Waals surface area (Å²) in [5.74, 6) is 2.46. The molecule has 21 heavy (non-hydrogen) atoms. The van der Waals surface area contributed by atoms with Crippen molar-refractivity contribution in [2.45, 2.75) is 40.7 Å². The van der Waals surface area contributed by atoms with Crippen LogP contribution < -0.4 is 4.74 Å². The molecule has 0 fully saturated rings. The molecule has 0 spiro atoms. The molecule has 2 rings (SSSR count). The number of rotatable bonds is 5. The number of nitrogens with zero attached hydrogens (tertiary/aromatic N) is 4. The Morgan fingerprint density at radius 2 is 2.05 bits per heavy atom. The monoisotopic (exact) mass is 310 g/mol. The van der Waals surface area contributed by atoms with Crippen molar-refractivity contribution in [3.8, 4) is 5.88 Å². The van der Waals surface area contributed by atoms with Crippen LogP contribution in [0.4, 0.5) is 0 Å². The fourth-order valence-corrected chi connectivity index (χ4v) is 2.29. The lowest BCUT2D eigenvalue weighted by Crippen LogP contribution is -2.23. The molecule has 0 aromatic carbocycles. The molecule has 2 aromatic rings. The Morgan fingerprint density at radius 1 is 1.33 bits per heavy atom. The van der Waals surface area contributed by atoms with Crippen molar-refractivity contribution in [2.75, 3.05) is 13.0 Å². The second kappa shape index (κ2) is 6.18. The van der Waals surface area contributed by atoms with Gasteiger partial charge in [0.2, 0.25) is 5.88 Å². The predicted molar refractivity (Wildman–Crippen MR) is 84.9 cm³/mol. The molecular weight excluding hydrogens is 288 g/mol. The van der Waals surface area contributed by atoms with Crippen LogP contribution in [0, 0.1) is 11.3 Å². The van der Waals surface area contributed by atoms with Crippen molar-refractivity contribution in [3.63, 3.8) is 0 Å². The van der Waals surface area contributed by atoms with Gasteiger partial charge in [-0.3, -0.25) is 0 Å². The van der Waals surface area contributed by atoms with E-state index < -0.39 is 0 Å². The van der Waals surface area contributed by atoms with Crippen molar-refractivity contribution < 1.29 is 4.74 Å². The molecule has 0 saturated heterocycles. The number of aromatic nitrogens is 4. The topological polar surface area (TPSA) is 52.8 Å². The zero-order chi connectivity index (χ0) is 15.6. The van der Waals surface area contributed by atoms with Crippen LogP contribution in [0.25, 0.3) is 11.2 Å². The summed E-state index contributed by atoms with van der Waals surface area (Å²) in [6, 6.07) is 0. The Labute approximate surface area is 130 Å². The van der Waals surface area contributed by atoms with Gasteiger partial charge < -0.3 is 9.30 Å². The van der Waals surface area contributed by atoms with Crippen LogP contribution in [0.2, 0.25) is 0 Å².